The highest BCUT2D eigenvalue weighted by Crippen LogP contribution is 2.49. The monoisotopic (exact) mass is 1040 g/mol. The second kappa shape index (κ2) is 18.3. The summed E-state index contributed by atoms with van der Waals surface area (Å²) in [5, 5.41) is 14.1. The van der Waals surface area contributed by atoms with Gasteiger partial charge >= 0.3 is 0 Å². The number of para-hydroxylation sites is 3. The Bertz CT molecular complexity index is 5340. The summed E-state index contributed by atoms with van der Waals surface area (Å²) in [7, 11) is 0. The summed E-state index contributed by atoms with van der Waals surface area (Å²) < 4.78 is 15.4. The third-order valence-electron chi connectivity index (χ3n) is 16.9. The van der Waals surface area contributed by atoms with Gasteiger partial charge in [-0.05, 0) is 174 Å². The molecule has 0 radical (unpaired) electrons. The number of anilines is 3. The van der Waals surface area contributed by atoms with Crippen molar-refractivity contribution in [3.05, 3.63) is 291 Å². The predicted octanol–water partition coefficient (Wildman–Crippen LogP) is 22.2. The van der Waals surface area contributed by atoms with Crippen molar-refractivity contribution < 1.29 is 8.83 Å². The number of benzene rings is 14. The average Bonchev–Trinajstić information content (AvgIpc) is 2.28. The van der Waals surface area contributed by atoms with Crippen LogP contribution in [0.4, 0.5) is 17.1 Å². The van der Waals surface area contributed by atoms with Crippen LogP contribution >= 0.6 is 0 Å². The lowest BCUT2D eigenvalue weighted by Crippen LogP contribution is -2.10. The van der Waals surface area contributed by atoms with Crippen molar-refractivity contribution in [2.24, 2.45) is 0 Å². The van der Waals surface area contributed by atoms with E-state index < -0.39 is 0 Å². The molecule has 3 heterocycles. The zero-order valence-electron chi connectivity index (χ0n) is 44.4. The summed E-state index contributed by atoms with van der Waals surface area (Å²) in [5.74, 6) is 0. The molecule has 4 nitrogen and oxygen atoms in total. The standard InChI is InChI=1S/C78H48N2O2/c1-3-19-49(20-4-1)52-43-53(50-21-5-2-6-22-50)45-56(44-52)80-70-31-14-11-28-63(70)77-62(30-17-32-71(77)80)68-48-67-60-26-10-8-24-58(60)57-23-7-9-25-59(57)66(67)47-65(68)51-37-39-54(40-38-51)79(55-41-42-75-69(46-55)61-27-12-15-34-73(61)81-75)72-33-18-36-76-78(72)64-29-13-16-35-74(64)82-76/h1-48H. The van der Waals surface area contributed by atoms with E-state index in [-0.39, 0.29) is 0 Å². The van der Waals surface area contributed by atoms with E-state index >= 15 is 0 Å². The zero-order chi connectivity index (χ0) is 53.8. The molecule has 0 aliphatic heterocycles. The molecule has 0 atom stereocenters. The molecule has 382 valence electrons. The van der Waals surface area contributed by atoms with E-state index in [1.165, 1.54) is 76.5 Å². The van der Waals surface area contributed by atoms with Crippen molar-refractivity contribution in [2.45, 2.75) is 0 Å². The fourth-order valence-electron chi connectivity index (χ4n) is 13.3. The van der Waals surface area contributed by atoms with Crippen molar-refractivity contribution in [2.75, 3.05) is 4.90 Å². The first kappa shape index (κ1) is 46.0. The maximum Gasteiger partial charge on any atom is 0.137 e. The second-order valence-corrected chi connectivity index (χ2v) is 21.5. The Balaban J connectivity index is 0.913. The molecule has 0 saturated heterocycles. The van der Waals surface area contributed by atoms with Gasteiger partial charge in [0.25, 0.3) is 0 Å². The van der Waals surface area contributed by atoms with Gasteiger partial charge in [-0.15, -0.1) is 0 Å². The third-order valence-corrected chi connectivity index (χ3v) is 16.9. The van der Waals surface area contributed by atoms with E-state index in [4.69, 9.17) is 8.83 Å². The van der Waals surface area contributed by atoms with E-state index in [2.05, 4.69) is 282 Å². The highest BCUT2D eigenvalue weighted by Gasteiger charge is 2.24. The zero-order valence-corrected chi connectivity index (χ0v) is 44.4. The summed E-state index contributed by atoms with van der Waals surface area (Å²) in [5.41, 5.74) is 19.2. The van der Waals surface area contributed by atoms with Crippen molar-refractivity contribution in [1.82, 2.24) is 4.57 Å². The van der Waals surface area contributed by atoms with E-state index in [0.29, 0.717) is 0 Å². The van der Waals surface area contributed by atoms with Crippen LogP contribution in [0.5, 0.6) is 0 Å². The molecule has 0 amide bonds. The fraction of sp³-hybridized carbons (Fsp3) is 0. The molecule has 0 bridgehead atoms. The Morgan fingerprint density at radius 1 is 0.244 bits per heavy atom. The first-order valence-corrected chi connectivity index (χ1v) is 28.1. The normalized spacial score (nSPS) is 11.9. The van der Waals surface area contributed by atoms with Gasteiger partial charge in [-0.3, -0.25) is 0 Å². The van der Waals surface area contributed by atoms with E-state index in [0.717, 1.165) is 88.8 Å². The Morgan fingerprint density at radius 3 is 1.43 bits per heavy atom. The largest absolute Gasteiger partial charge is 0.456 e. The van der Waals surface area contributed by atoms with Crippen molar-refractivity contribution in [1.29, 1.82) is 0 Å². The number of hydrogen-bond acceptors (Lipinski definition) is 3. The molecule has 0 saturated carbocycles. The summed E-state index contributed by atoms with van der Waals surface area (Å²) in [4.78, 5) is 2.38. The molecule has 4 heteroatoms. The minimum Gasteiger partial charge on any atom is -0.456 e. The Labute approximate surface area is 472 Å². The van der Waals surface area contributed by atoms with Crippen LogP contribution in [0.25, 0.3) is 148 Å². The second-order valence-electron chi connectivity index (χ2n) is 21.5. The summed E-state index contributed by atoms with van der Waals surface area (Å²) in [6, 6.07) is 106. The summed E-state index contributed by atoms with van der Waals surface area (Å²) >= 11 is 0. The molecule has 0 aliphatic carbocycles. The van der Waals surface area contributed by atoms with Crippen molar-refractivity contribution in [3.63, 3.8) is 0 Å². The minimum atomic E-state index is 0.840. The molecule has 17 rings (SSSR count). The van der Waals surface area contributed by atoms with Crippen molar-refractivity contribution in [3.8, 4) is 50.2 Å². The molecule has 0 N–H and O–H groups in total. The first-order valence-electron chi connectivity index (χ1n) is 28.1. The van der Waals surface area contributed by atoms with Gasteiger partial charge in [0, 0.05) is 44.0 Å². The van der Waals surface area contributed by atoms with Crippen LogP contribution in [0.3, 0.4) is 0 Å². The topological polar surface area (TPSA) is 34.5 Å². The highest BCUT2D eigenvalue weighted by molar-refractivity contribution is 6.28. The number of hydrogen-bond donors (Lipinski definition) is 0. The van der Waals surface area contributed by atoms with Crippen molar-refractivity contribution >= 4 is 115 Å². The first-order chi connectivity index (χ1) is 40.7. The predicted molar refractivity (Wildman–Crippen MR) is 344 cm³/mol. The molecule has 0 spiro atoms. The molecular weight excluding hydrogens is 997 g/mol. The van der Waals surface area contributed by atoms with Gasteiger partial charge in [0.15, 0.2) is 0 Å². The Morgan fingerprint density at radius 2 is 0.744 bits per heavy atom. The van der Waals surface area contributed by atoms with Crippen LogP contribution in [0.1, 0.15) is 0 Å². The van der Waals surface area contributed by atoms with E-state index in [1.807, 2.05) is 18.2 Å². The van der Waals surface area contributed by atoms with Gasteiger partial charge in [-0.2, -0.15) is 0 Å². The molecule has 0 unspecified atom stereocenters. The lowest BCUT2D eigenvalue weighted by atomic mass is 9.86. The minimum absolute atomic E-state index is 0.840. The van der Waals surface area contributed by atoms with Crippen LogP contribution in [-0.4, -0.2) is 4.57 Å². The smallest absolute Gasteiger partial charge is 0.137 e. The van der Waals surface area contributed by atoms with E-state index in [9.17, 15) is 0 Å². The van der Waals surface area contributed by atoms with Crippen LogP contribution in [0.2, 0.25) is 0 Å². The molecule has 0 fully saturated rings. The maximum atomic E-state index is 6.54. The number of rotatable bonds is 8. The molecule has 82 heavy (non-hydrogen) atoms. The molecule has 3 aromatic heterocycles. The average molecular weight is 1050 g/mol. The fourth-order valence-corrected chi connectivity index (χ4v) is 13.3. The van der Waals surface area contributed by atoms with Gasteiger partial charge in [0.1, 0.15) is 22.3 Å². The SMILES string of the molecule is c1ccc(-c2cc(-c3ccccc3)cc(-n3c4ccccc4c4c(-c5cc6c7ccccc7c7ccccc7c6cc5-c5ccc(N(c6ccc7oc8ccccc8c7c6)c6cccc7oc8ccccc8c67)cc5)cccc43)c2)cc1. The highest BCUT2D eigenvalue weighted by atomic mass is 16.3. The molecule has 14 aromatic carbocycles. The van der Waals surface area contributed by atoms with Gasteiger partial charge in [-0.25, -0.2) is 0 Å². The lowest BCUT2D eigenvalue weighted by molar-refractivity contribution is 0.668. The van der Waals surface area contributed by atoms with Gasteiger partial charge < -0.3 is 18.3 Å². The van der Waals surface area contributed by atoms with Crippen LogP contribution in [-0.2, 0) is 0 Å². The number of furan rings is 2. The number of nitrogens with zero attached hydrogens (tertiary/aromatic N) is 2. The quantitative estimate of drug-likeness (QED) is 0.142. The third kappa shape index (κ3) is 7.18. The molecular formula is C78H48N2O2. The lowest BCUT2D eigenvalue weighted by Gasteiger charge is -2.26. The van der Waals surface area contributed by atoms with Crippen LogP contribution in [0, 0.1) is 0 Å². The van der Waals surface area contributed by atoms with Crippen LogP contribution in [0.15, 0.2) is 300 Å². The van der Waals surface area contributed by atoms with Gasteiger partial charge in [0.05, 0.1) is 22.1 Å². The molecule has 17 aromatic rings. The van der Waals surface area contributed by atoms with E-state index in [1.54, 1.807) is 0 Å². The molecule has 0 aliphatic rings. The summed E-state index contributed by atoms with van der Waals surface area (Å²) in [6.45, 7) is 0. The van der Waals surface area contributed by atoms with Crippen LogP contribution < -0.4 is 4.90 Å². The number of fused-ring (bicyclic) bond motifs is 15. The maximum absolute atomic E-state index is 6.54. The summed E-state index contributed by atoms with van der Waals surface area (Å²) in [6.07, 6.45) is 0. The van der Waals surface area contributed by atoms with Gasteiger partial charge in [0.2, 0.25) is 0 Å². The Hall–Kier alpha value is -10.9. The van der Waals surface area contributed by atoms with Gasteiger partial charge in [-0.1, -0.05) is 194 Å². The Kier molecular flexibility index (Phi) is 10.3. The number of aromatic nitrogens is 1.